The van der Waals surface area contributed by atoms with Crippen molar-refractivity contribution in [2.45, 2.75) is 12.8 Å². The van der Waals surface area contributed by atoms with E-state index in [1.165, 1.54) is 7.11 Å². The molecule has 0 heterocycles. The van der Waals surface area contributed by atoms with E-state index in [1.54, 1.807) is 29.2 Å². The molecule has 0 fully saturated rings. The first-order valence-corrected chi connectivity index (χ1v) is 8.13. The maximum absolute atomic E-state index is 12.7. The van der Waals surface area contributed by atoms with Crippen LogP contribution in [0.15, 0.2) is 54.6 Å². The molecular formula is C19H20ClNO3. The summed E-state index contributed by atoms with van der Waals surface area (Å²) in [5, 5.41) is 0.511. The Kier molecular flexibility index (Phi) is 6.82. The second kappa shape index (κ2) is 9.08. The molecular weight excluding hydrogens is 326 g/mol. The zero-order valence-corrected chi connectivity index (χ0v) is 14.3. The highest BCUT2D eigenvalue weighted by Crippen LogP contribution is 2.14. The number of methoxy groups -OCH3 is 1. The summed E-state index contributed by atoms with van der Waals surface area (Å²) < 4.78 is 4.67. The molecule has 0 aromatic heterocycles. The molecule has 126 valence electrons. The van der Waals surface area contributed by atoms with E-state index in [9.17, 15) is 9.59 Å². The van der Waals surface area contributed by atoms with Crippen LogP contribution in [0.1, 0.15) is 22.3 Å². The van der Waals surface area contributed by atoms with E-state index in [2.05, 4.69) is 4.74 Å². The van der Waals surface area contributed by atoms with Crippen LogP contribution >= 0.6 is 11.6 Å². The molecule has 0 bridgehead atoms. The Balaban J connectivity index is 2.09. The predicted octanol–water partition coefficient (Wildman–Crippen LogP) is 3.59. The third-order valence-corrected chi connectivity index (χ3v) is 3.92. The van der Waals surface area contributed by atoms with E-state index in [4.69, 9.17) is 11.6 Å². The lowest BCUT2D eigenvalue weighted by molar-refractivity contribution is -0.140. The molecule has 0 N–H and O–H groups in total. The third kappa shape index (κ3) is 5.39. The van der Waals surface area contributed by atoms with Crippen LogP contribution in [-0.2, 0) is 16.0 Å². The third-order valence-electron chi connectivity index (χ3n) is 3.69. The lowest BCUT2D eigenvalue weighted by atomic mass is 10.1. The summed E-state index contributed by atoms with van der Waals surface area (Å²) in [6.07, 6.45) is 0.881. The quantitative estimate of drug-likeness (QED) is 0.720. The molecule has 0 saturated carbocycles. The Morgan fingerprint density at radius 1 is 1.04 bits per heavy atom. The first kappa shape index (κ1) is 18.0. The van der Waals surface area contributed by atoms with E-state index >= 15 is 0 Å². The van der Waals surface area contributed by atoms with Crippen molar-refractivity contribution in [1.82, 2.24) is 4.90 Å². The molecule has 24 heavy (non-hydrogen) atoms. The van der Waals surface area contributed by atoms with Gasteiger partial charge in [0.1, 0.15) is 0 Å². The summed E-state index contributed by atoms with van der Waals surface area (Å²) in [6, 6.07) is 16.7. The number of nitrogens with zero attached hydrogens (tertiary/aromatic N) is 1. The Bertz CT molecular complexity index is 688. The molecule has 0 aliphatic heterocycles. The van der Waals surface area contributed by atoms with Crippen LogP contribution in [0, 0.1) is 0 Å². The van der Waals surface area contributed by atoms with E-state index in [-0.39, 0.29) is 18.3 Å². The van der Waals surface area contributed by atoms with Gasteiger partial charge in [0.15, 0.2) is 0 Å². The largest absolute Gasteiger partial charge is 0.469 e. The summed E-state index contributed by atoms with van der Waals surface area (Å²) >= 11 is 5.97. The summed E-state index contributed by atoms with van der Waals surface area (Å²) in [7, 11) is 1.34. The minimum atomic E-state index is -0.335. The summed E-state index contributed by atoms with van der Waals surface area (Å²) in [5.74, 6) is -0.476. The van der Waals surface area contributed by atoms with Crippen LogP contribution in [-0.4, -0.2) is 37.0 Å². The molecule has 0 saturated heterocycles. The van der Waals surface area contributed by atoms with Gasteiger partial charge in [-0.1, -0.05) is 48.0 Å². The van der Waals surface area contributed by atoms with Crippen LogP contribution in [0.4, 0.5) is 0 Å². The van der Waals surface area contributed by atoms with Crippen molar-refractivity contribution in [3.8, 4) is 0 Å². The van der Waals surface area contributed by atoms with Crippen molar-refractivity contribution >= 4 is 23.5 Å². The summed E-state index contributed by atoms with van der Waals surface area (Å²) in [6.45, 7) is 0.831. The Morgan fingerprint density at radius 2 is 1.79 bits per heavy atom. The van der Waals surface area contributed by atoms with Crippen molar-refractivity contribution in [1.29, 1.82) is 0 Å². The highest BCUT2D eigenvalue weighted by atomic mass is 35.5. The fraction of sp³-hybridized carbons (Fsp3) is 0.263. The molecule has 1 amide bonds. The Morgan fingerprint density at radius 3 is 2.46 bits per heavy atom. The highest BCUT2D eigenvalue weighted by molar-refractivity contribution is 6.30. The number of halogens is 1. The smallest absolute Gasteiger partial charge is 0.307 e. The number of benzene rings is 2. The molecule has 2 aromatic carbocycles. The standard InChI is InChI=1S/C19H20ClNO3/c1-24-18(22)11-13-21(12-10-15-6-3-2-4-7-15)19(23)16-8-5-9-17(20)14-16/h2-9,14H,10-13H2,1H3. The minimum Gasteiger partial charge on any atom is -0.469 e. The zero-order valence-electron chi connectivity index (χ0n) is 13.6. The van der Waals surface area contributed by atoms with E-state index in [0.717, 1.165) is 5.56 Å². The van der Waals surface area contributed by atoms with E-state index < -0.39 is 0 Å². The SMILES string of the molecule is COC(=O)CCN(CCc1ccccc1)C(=O)c1cccc(Cl)c1. The van der Waals surface area contributed by atoms with Crippen LogP contribution in [0.2, 0.25) is 5.02 Å². The van der Waals surface area contributed by atoms with Gasteiger partial charge >= 0.3 is 5.97 Å². The minimum absolute atomic E-state index is 0.141. The molecule has 0 radical (unpaired) electrons. The van der Waals surface area contributed by atoms with Crippen LogP contribution in [0.5, 0.6) is 0 Å². The van der Waals surface area contributed by atoms with Crippen LogP contribution < -0.4 is 0 Å². The van der Waals surface area contributed by atoms with Gasteiger partial charge in [0.05, 0.1) is 13.5 Å². The molecule has 4 nitrogen and oxygen atoms in total. The van der Waals surface area contributed by atoms with Crippen molar-refractivity contribution in [3.63, 3.8) is 0 Å². The number of carbonyl (C=O) groups excluding carboxylic acids is 2. The number of rotatable bonds is 7. The van der Waals surface area contributed by atoms with Gasteiger partial charge in [-0.2, -0.15) is 0 Å². The lowest BCUT2D eigenvalue weighted by Gasteiger charge is -2.22. The highest BCUT2D eigenvalue weighted by Gasteiger charge is 2.17. The number of hydrogen-bond donors (Lipinski definition) is 0. The topological polar surface area (TPSA) is 46.6 Å². The van der Waals surface area contributed by atoms with E-state index in [0.29, 0.717) is 30.1 Å². The van der Waals surface area contributed by atoms with Crippen LogP contribution in [0.3, 0.4) is 0 Å². The normalized spacial score (nSPS) is 10.2. The maximum Gasteiger partial charge on any atom is 0.307 e. The lowest BCUT2D eigenvalue weighted by Crippen LogP contribution is -2.35. The molecule has 0 spiro atoms. The van der Waals surface area contributed by atoms with Gasteiger partial charge in [-0.3, -0.25) is 9.59 Å². The Labute approximate surface area is 147 Å². The predicted molar refractivity (Wildman–Crippen MR) is 94.1 cm³/mol. The molecule has 0 aliphatic rings. The molecule has 2 aromatic rings. The van der Waals surface area contributed by atoms with Gasteiger partial charge in [-0.25, -0.2) is 0 Å². The number of esters is 1. The van der Waals surface area contributed by atoms with Crippen molar-refractivity contribution in [2.75, 3.05) is 20.2 Å². The van der Waals surface area contributed by atoms with Gasteiger partial charge in [0.25, 0.3) is 5.91 Å². The van der Waals surface area contributed by atoms with Crippen molar-refractivity contribution < 1.29 is 14.3 Å². The second-order valence-electron chi connectivity index (χ2n) is 5.36. The van der Waals surface area contributed by atoms with Crippen molar-refractivity contribution in [2.24, 2.45) is 0 Å². The number of ether oxygens (including phenoxy) is 1. The van der Waals surface area contributed by atoms with Gasteiger partial charge in [0, 0.05) is 23.7 Å². The number of amides is 1. The van der Waals surface area contributed by atoms with Crippen LogP contribution in [0.25, 0.3) is 0 Å². The first-order valence-electron chi connectivity index (χ1n) is 7.75. The summed E-state index contributed by atoms with van der Waals surface area (Å²) in [4.78, 5) is 25.8. The molecule has 0 atom stereocenters. The zero-order chi connectivity index (χ0) is 17.4. The maximum atomic E-state index is 12.7. The summed E-state index contributed by atoms with van der Waals surface area (Å²) in [5.41, 5.74) is 1.65. The molecule has 5 heteroatoms. The fourth-order valence-electron chi connectivity index (χ4n) is 2.36. The molecule has 0 aliphatic carbocycles. The van der Waals surface area contributed by atoms with Gasteiger partial charge in [-0.05, 0) is 30.2 Å². The van der Waals surface area contributed by atoms with E-state index in [1.807, 2.05) is 30.3 Å². The average molecular weight is 346 g/mol. The monoisotopic (exact) mass is 345 g/mol. The van der Waals surface area contributed by atoms with Gasteiger partial charge in [0.2, 0.25) is 0 Å². The van der Waals surface area contributed by atoms with Crippen molar-refractivity contribution in [3.05, 3.63) is 70.7 Å². The second-order valence-corrected chi connectivity index (χ2v) is 5.80. The molecule has 0 unspecified atom stereocenters. The Hall–Kier alpha value is -2.33. The van der Waals surface area contributed by atoms with Gasteiger partial charge in [-0.15, -0.1) is 0 Å². The van der Waals surface area contributed by atoms with Gasteiger partial charge < -0.3 is 9.64 Å². The first-order chi connectivity index (χ1) is 11.6. The number of hydrogen-bond acceptors (Lipinski definition) is 3. The average Bonchev–Trinajstić information content (AvgIpc) is 2.61. The fourth-order valence-corrected chi connectivity index (χ4v) is 2.55. The number of carbonyl (C=O) groups is 2. The molecule has 2 rings (SSSR count).